The molecule has 0 heterocycles. The summed E-state index contributed by atoms with van der Waals surface area (Å²) in [5.41, 5.74) is 1.09. The molecule has 4 nitrogen and oxygen atoms in total. The molecule has 2 aromatic carbocycles. The summed E-state index contributed by atoms with van der Waals surface area (Å²) in [6, 6.07) is 15.7. The van der Waals surface area contributed by atoms with Gasteiger partial charge in [0.2, 0.25) is 0 Å². The van der Waals surface area contributed by atoms with Crippen molar-refractivity contribution in [2.24, 2.45) is 0 Å². The molecule has 4 heteroatoms. The van der Waals surface area contributed by atoms with Gasteiger partial charge in [0.1, 0.15) is 0 Å². The lowest BCUT2D eigenvalue weighted by molar-refractivity contribution is 0.0498. The molecule has 0 fully saturated rings. The molecule has 0 unspecified atom stereocenters. The summed E-state index contributed by atoms with van der Waals surface area (Å²) in [4.78, 5) is 22.9. The van der Waals surface area contributed by atoms with Crippen molar-refractivity contribution in [3.05, 3.63) is 71.3 Å². The summed E-state index contributed by atoms with van der Waals surface area (Å²) in [5, 5.41) is 9.01. The number of rotatable bonds is 5. The standard InChI is InChI=1S/C16H14O4/c17-15(18)13-8-4-5-9-14(13)16(19)20-11-10-12-6-2-1-3-7-12/h1-9H,10-11H2,(H,17,18). The Labute approximate surface area is 116 Å². The summed E-state index contributed by atoms with van der Waals surface area (Å²) >= 11 is 0. The highest BCUT2D eigenvalue weighted by molar-refractivity contribution is 6.02. The van der Waals surface area contributed by atoms with Gasteiger partial charge in [-0.1, -0.05) is 42.5 Å². The van der Waals surface area contributed by atoms with E-state index in [1.165, 1.54) is 12.1 Å². The van der Waals surface area contributed by atoms with E-state index in [9.17, 15) is 9.59 Å². The van der Waals surface area contributed by atoms with Gasteiger partial charge < -0.3 is 9.84 Å². The predicted molar refractivity (Wildman–Crippen MR) is 73.8 cm³/mol. The Kier molecular flexibility index (Phi) is 4.50. The van der Waals surface area contributed by atoms with Gasteiger partial charge in [-0.2, -0.15) is 0 Å². The van der Waals surface area contributed by atoms with Gasteiger partial charge in [-0.25, -0.2) is 9.59 Å². The van der Waals surface area contributed by atoms with Gasteiger partial charge in [-0.3, -0.25) is 0 Å². The van der Waals surface area contributed by atoms with E-state index in [0.29, 0.717) is 6.42 Å². The van der Waals surface area contributed by atoms with Crippen LogP contribution in [0.2, 0.25) is 0 Å². The summed E-state index contributed by atoms with van der Waals surface area (Å²) in [6.07, 6.45) is 0.599. The minimum absolute atomic E-state index is 0.0442. The van der Waals surface area contributed by atoms with Gasteiger partial charge in [-0.15, -0.1) is 0 Å². The van der Waals surface area contributed by atoms with Crippen LogP contribution in [0.15, 0.2) is 54.6 Å². The van der Waals surface area contributed by atoms with Crippen LogP contribution in [0.1, 0.15) is 26.3 Å². The second kappa shape index (κ2) is 6.52. The van der Waals surface area contributed by atoms with Crippen molar-refractivity contribution in [2.75, 3.05) is 6.61 Å². The average Bonchev–Trinajstić information content (AvgIpc) is 2.48. The largest absolute Gasteiger partial charge is 0.478 e. The summed E-state index contributed by atoms with van der Waals surface area (Å²) in [6.45, 7) is 0.219. The fourth-order valence-corrected chi connectivity index (χ4v) is 1.83. The van der Waals surface area contributed by atoms with Gasteiger partial charge in [-0.05, 0) is 17.7 Å². The zero-order valence-electron chi connectivity index (χ0n) is 10.8. The molecular formula is C16H14O4. The van der Waals surface area contributed by atoms with Crippen LogP contribution in [0.25, 0.3) is 0 Å². The lowest BCUT2D eigenvalue weighted by Crippen LogP contribution is -2.13. The first kappa shape index (κ1) is 13.8. The smallest absolute Gasteiger partial charge is 0.339 e. The molecule has 2 rings (SSSR count). The number of benzene rings is 2. The number of carboxylic acid groups (broad SMARTS) is 1. The number of carbonyl (C=O) groups is 2. The lowest BCUT2D eigenvalue weighted by Gasteiger charge is -2.07. The maximum absolute atomic E-state index is 11.9. The maximum atomic E-state index is 11.9. The van der Waals surface area contributed by atoms with E-state index >= 15 is 0 Å². The monoisotopic (exact) mass is 270 g/mol. The van der Waals surface area contributed by atoms with E-state index < -0.39 is 11.9 Å². The van der Waals surface area contributed by atoms with Crippen LogP contribution in [0, 0.1) is 0 Å². The molecule has 20 heavy (non-hydrogen) atoms. The minimum atomic E-state index is -1.14. The summed E-state index contributed by atoms with van der Waals surface area (Å²) < 4.78 is 5.12. The molecule has 1 N–H and O–H groups in total. The van der Waals surface area contributed by atoms with E-state index in [0.717, 1.165) is 5.56 Å². The topological polar surface area (TPSA) is 63.6 Å². The van der Waals surface area contributed by atoms with Gasteiger partial charge in [0, 0.05) is 6.42 Å². The van der Waals surface area contributed by atoms with E-state index in [2.05, 4.69) is 0 Å². The van der Waals surface area contributed by atoms with Gasteiger partial charge in [0.25, 0.3) is 0 Å². The molecule has 0 saturated carbocycles. The van der Waals surface area contributed by atoms with Gasteiger partial charge in [0.15, 0.2) is 0 Å². The molecule has 0 aromatic heterocycles. The first-order valence-electron chi connectivity index (χ1n) is 6.22. The number of hydrogen-bond donors (Lipinski definition) is 1. The van der Waals surface area contributed by atoms with Crippen molar-refractivity contribution in [1.82, 2.24) is 0 Å². The van der Waals surface area contributed by atoms with Gasteiger partial charge in [0.05, 0.1) is 17.7 Å². The Morgan fingerprint density at radius 3 is 2.15 bits per heavy atom. The Balaban J connectivity index is 1.97. The molecule has 0 atom stereocenters. The van der Waals surface area contributed by atoms with Crippen LogP contribution in [0.5, 0.6) is 0 Å². The highest BCUT2D eigenvalue weighted by atomic mass is 16.5. The minimum Gasteiger partial charge on any atom is -0.478 e. The number of hydrogen-bond acceptors (Lipinski definition) is 3. The van der Waals surface area contributed by atoms with Crippen molar-refractivity contribution in [2.45, 2.75) is 6.42 Å². The third-order valence-electron chi connectivity index (χ3n) is 2.84. The molecular weight excluding hydrogens is 256 g/mol. The Morgan fingerprint density at radius 1 is 0.900 bits per heavy atom. The van der Waals surface area contributed by atoms with Crippen LogP contribution >= 0.6 is 0 Å². The fourth-order valence-electron chi connectivity index (χ4n) is 1.83. The van der Waals surface area contributed by atoms with Crippen molar-refractivity contribution < 1.29 is 19.4 Å². The Morgan fingerprint density at radius 2 is 1.50 bits per heavy atom. The zero-order valence-corrected chi connectivity index (χ0v) is 10.8. The first-order valence-corrected chi connectivity index (χ1v) is 6.22. The average molecular weight is 270 g/mol. The highest BCUT2D eigenvalue weighted by Gasteiger charge is 2.16. The predicted octanol–water partition coefficient (Wildman–Crippen LogP) is 2.78. The lowest BCUT2D eigenvalue weighted by atomic mass is 10.1. The molecule has 0 aliphatic carbocycles. The molecule has 0 spiro atoms. The quantitative estimate of drug-likeness (QED) is 0.848. The molecule has 2 aromatic rings. The Hall–Kier alpha value is -2.62. The molecule has 0 amide bonds. The van der Waals surface area contributed by atoms with Crippen LogP contribution in [-0.2, 0) is 11.2 Å². The number of ether oxygens (including phenoxy) is 1. The first-order chi connectivity index (χ1) is 9.68. The Bertz CT molecular complexity index is 605. The maximum Gasteiger partial charge on any atom is 0.339 e. The number of carbonyl (C=O) groups excluding carboxylic acids is 1. The third kappa shape index (κ3) is 3.45. The molecule has 102 valence electrons. The second-order valence-electron chi connectivity index (χ2n) is 4.22. The summed E-state index contributed by atoms with van der Waals surface area (Å²) in [5.74, 6) is -1.75. The van der Waals surface area contributed by atoms with Gasteiger partial charge >= 0.3 is 11.9 Å². The molecule has 0 saturated heterocycles. The molecule has 0 bridgehead atoms. The molecule has 0 aliphatic heterocycles. The van der Waals surface area contributed by atoms with Crippen LogP contribution in [0.4, 0.5) is 0 Å². The third-order valence-corrected chi connectivity index (χ3v) is 2.84. The number of esters is 1. The summed E-state index contributed by atoms with van der Waals surface area (Å²) in [7, 11) is 0. The van der Waals surface area contributed by atoms with Crippen LogP contribution in [0.3, 0.4) is 0 Å². The van der Waals surface area contributed by atoms with Crippen LogP contribution < -0.4 is 0 Å². The normalized spacial score (nSPS) is 10.0. The molecule has 0 aliphatic rings. The number of aromatic carboxylic acids is 1. The zero-order chi connectivity index (χ0) is 14.4. The second-order valence-corrected chi connectivity index (χ2v) is 4.22. The van der Waals surface area contributed by atoms with Crippen molar-refractivity contribution in [1.29, 1.82) is 0 Å². The van der Waals surface area contributed by atoms with Crippen molar-refractivity contribution >= 4 is 11.9 Å². The van der Waals surface area contributed by atoms with E-state index in [1.807, 2.05) is 30.3 Å². The van der Waals surface area contributed by atoms with Crippen LogP contribution in [-0.4, -0.2) is 23.7 Å². The van der Waals surface area contributed by atoms with Crippen molar-refractivity contribution in [3.63, 3.8) is 0 Å². The van der Waals surface area contributed by atoms with E-state index in [1.54, 1.807) is 12.1 Å². The van der Waals surface area contributed by atoms with Crippen molar-refractivity contribution in [3.8, 4) is 0 Å². The highest BCUT2D eigenvalue weighted by Crippen LogP contribution is 2.10. The number of carboxylic acids is 1. The van der Waals surface area contributed by atoms with E-state index in [-0.39, 0.29) is 17.7 Å². The van der Waals surface area contributed by atoms with E-state index in [4.69, 9.17) is 9.84 Å². The molecule has 0 radical (unpaired) electrons. The fraction of sp³-hybridized carbons (Fsp3) is 0.125. The SMILES string of the molecule is O=C(O)c1ccccc1C(=O)OCCc1ccccc1.